The van der Waals surface area contributed by atoms with Gasteiger partial charge in [0, 0.05) is 18.8 Å². The molecule has 1 saturated heterocycles. The van der Waals surface area contributed by atoms with Crippen molar-refractivity contribution in [2.45, 2.75) is 5.41 Å². The molecule has 74 valence electrons. The van der Waals surface area contributed by atoms with Gasteiger partial charge in [-0.25, -0.2) is 0 Å². The van der Waals surface area contributed by atoms with Crippen LogP contribution in [-0.2, 0) is 10.2 Å². The van der Waals surface area contributed by atoms with E-state index in [4.69, 9.17) is 0 Å². The van der Waals surface area contributed by atoms with Crippen LogP contribution in [0.15, 0.2) is 24.3 Å². The van der Waals surface area contributed by atoms with Gasteiger partial charge in [0.15, 0.2) is 0 Å². The molecule has 14 heavy (non-hydrogen) atoms. The van der Waals surface area contributed by atoms with Gasteiger partial charge in [0.05, 0.1) is 0 Å². The molecule has 0 aliphatic carbocycles. The van der Waals surface area contributed by atoms with Crippen molar-refractivity contribution in [1.82, 2.24) is 5.32 Å². The van der Waals surface area contributed by atoms with Crippen LogP contribution in [-0.4, -0.2) is 19.0 Å². The van der Waals surface area contributed by atoms with Crippen molar-refractivity contribution in [2.24, 2.45) is 0 Å². The first-order valence-corrected chi connectivity index (χ1v) is 4.45. The number of hydrogen-bond acceptors (Lipinski definition) is 2. The molecule has 3 nitrogen and oxygen atoms in total. The molecule has 1 aromatic carbocycles. The van der Waals surface area contributed by atoms with E-state index in [9.17, 15) is 4.79 Å². The summed E-state index contributed by atoms with van der Waals surface area (Å²) >= 11 is 0. The standard InChI is InChI=1S/C10H10N2O.ClH/c13-9-10(5-11-6-10)7-3-1-2-4-8(7)12-9;/h1-4,11H,5-6H2,(H,12,13);1H. The number of hydrogen-bond donors (Lipinski definition) is 2. The molecule has 2 aliphatic heterocycles. The number of amides is 1. The van der Waals surface area contributed by atoms with Gasteiger partial charge in [-0.05, 0) is 11.6 Å². The first-order valence-electron chi connectivity index (χ1n) is 4.45. The van der Waals surface area contributed by atoms with E-state index >= 15 is 0 Å². The summed E-state index contributed by atoms with van der Waals surface area (Å²) in [5.41, 5.74) is 1.88. The van der Waals surface area contributed by atoms with E-state index in [1.54, 1.807) is 0 Å². The zero-order valence-corrected chi connectivity index (χ0v) is 8.36. The van der Waals surface area contributed by atoms with E-state index in [2.05, 4.69) is 10.6 Å². The van der Waals surface area contributed by atoms with Crippen LogP contribution in [0, 0.1) is 0 Å². The largest absolute Gasteiger partial charge is 0.325 e. The van der Waals surface area contributed by atoms with Gasteiger partial charge in [-0.2, -0.15) is 0 Å². The number of benzene rings is 1. The Labute approximate surface area is 88.3 Å². The van der Waals surface area contributed by atoms with E-state index in [1.165, 1.54) is 0 Å². The smallest absolute Gasteiger partial charge is 0.237 e. The highest BCUT2D eigenvalue weighted by Gasteiger charge is 2.50. The Bertz CT molecular complexity index is 387. The van der Waals surface area contributed by atoms with Gasteiger partial charge in [0.1, 0.15) is 5.41 Å². The number of fused-ring (bicyclic) bond motifs is 2. The van der Waals surface area contributed by atoms with Gasteiger partial charge >= 0.3 is 0 Å². The molecule has 0 atom stereocenters. The van der Waals surface area contributed by atoms with Crippen molar-refractivity contribution >= 4 is 24.0 Å². The SMILES string of the molecule is Cl.O=C1Nc2ccccc2C12CNC2. The second-order valence-electron chi connectivity index (χ2n) is 3.69. The van der Waals surface area contributed by atoms with E-state index in [1.807, 2.05) is 24.3 Å². The number of carbonyl (C=O) groups is 1. The molecular formula is C10H11ClN2O. The molecule has 1 fully saturated rings. The van der Waals surface area contributed by atoms with Crippen molar-refractivity contribution in [1.29, 1.82) is 0 Å². The molecule has 2 heterocycles. The highest BCUT2D eigenvalue weighted by Crippen LogP contribution is 2.39. The number of carbonyl (C=O) groups excluding carboxylic acids is 1. The molecule has 0 radical (unpaired) electrons. The molecule has 0 bridgehead atoms. The number of nitrogens with one attached hydrogen (secondary N) is 2. The quantitative estimate of drug-likeness (QED) is 0.668. The Morgan fingerprint density at radius 2 is 1.93 bits per heavy atom. The Kier molecular flexibility index (Phi) is 2.01. The summed E-state index contributed by atoms with van der Waals surface area (Å²) in [5.74, 6) is 0.146. The third-order valence-electron chi connectivity index (χ3n) is 2.98. The van der Waals surface area contributed by atoms with E-state index < -0.39 is 0 Å². The lowest BCUT2D eigenvalue weighted by atomic mass is 9.76. The van der Waals surface area contributed by atoms with Crippen molar-refractivity contribution < 1.29 is 4.79 Å². The maximum absolute atomic E-state index is 11.7. The van der Waals surface area contributed by atoms with Gasteiger partial charge in [-0.1, -0.05) is 18.2 Å². The predicted octanol–water partition coefficient (Wildman–Crippen LogP) is 0.901. The van der Waals surface area contributed by atoms with Crippen LogP contribution < -0.4 is 10.6 Å². The molecule has 0 saturated carbocycles. The van der Waals surface area contributed by atoms with Crippen molar-refractivity contribution in [3.8, 4) is 0 Å². The fourth-order valence-electron chi connectivity index (χ4n) is 2.10. The van der Waals surface area contributed by atoms with Crippen LogP contribution in [0.3, 0.4) is 0 Å². The second kappa shape index (κ2) is 2.97. The van der Waals surface area contributed by atoms with E-state index in [0.717, 1.165) is 24.3 Å². The Morgan fingerprint density at radius 1 is 1.21 bits per heavy atom. The highest BCUT2D eigenvalue weighted by atomic mass is 35.5. The summed E-state index contributed by atoms with van der Waals surface area (Å²) in [7, 11) is 0. The number of halogens is 1. The van der Waals surface area contributed by atoms with Crippen LogP contribution >= 0.6 is 12.4 Å². The molecule has 2 aliphatic rings. The summed E-state index contributed by atoms with van der Waals surface area (Å²) in [6.07, 6.45) is 0. The average Bonchev–Trinajstić information content (AvgIpc) is 2.35. The fraction of sp³-hybridized carbons (Fsp3) is 0.300. The molecule has 1 amide bonds. The van der Waals surface area contributed by atoms with Crippen molar-refractivity contribution in [3.63, 3.8) is 0 Å². The third kappa shape index (κ3) is 0.938. The monoisotopic (exact) mass is 210 g/mol. The van der Waals surface area contributed by atoms with E-state index in [-0.39, 0.29) is 23.7 Å². The van der Waals surface area contributed by atoms with Gasteiger partial charge in [0.2, 0.25) is 5.91 Å². The lowest BCUT2D eigenvalue weighted by Crippen LogP contribution is -2.60. The minimum Gasteiger partial charge on any atom is -0.325 e. The topological polar surface area (TPSA) is 41.1 Å². The molecule has 3 rings (SSSR count). The summed E-state index contributed by atoms with van der Waals surface area (Å²) in [5, 5.41) is 6.07. The second-order valence-corrected chi connectivity index (χ2v) is 3.69. The van der Waals surface area contributed by atoms with Crippen LogP contribution in [0.25, 0.3) is 0 Å². The van der Waals surface area contributed by atoms with Crippen LogP contribution in [0.5, 0.6) is 0 Å². The molecule has 1 aromatic rings. The lowest BCUT2D eigenvalue weighted by Gasteiger charge is -2.37. The molecule has 0 unspecified atom stereocenters. The maximum atomic E-state index is 11.7. The van der Waals surface area contributed by atoms with Gasteiger partial charge in [0.25, 0.3) is 0 Å². The predicted molar refractivity (Wildman–Crippen MR) is 56.9 cm³/mol. The Morgan fingerprint density at radius 3 is 2.57 bits per heavy atom. The average molecular weight is 211 g/mol. The Hall–Kier alpha value is -1.06. The molecule has 1 spiro atoms. The summed E-state index contributed by atoms with van der Waals surface area (Å²) < 4.78 is 0. The first-order chi connectivity index (χ1) is 6.33. The molecule has 0 aromatic heterocycles. The molecule has 2 N–H and O–H groups in total. The number of para-hydroxylation sites is 1. The zero-order valence-electron chi connectivity index (χ0n) is 7.54. The third-order valence-corrected chi connectivity index (χ3v) is 2.98. The number of anilines is 1. The van der Waals surface area contributed by atoms with Crippen LogP contribution in [0.2, 0.25) is 0 Å². The van der Waals surface area contributed by atoms with E-state index in [0.29, 0.717) is 0 Å². The van der Waals surface area contributed by atoms with Crippen molar-refractivity contribution in [3.05, 3.63) is 29.8 Å². The summed E-state index contributed by atoms with van der Waals surface area (Å²) in [4.78, 5) is 11.7. The van der Waals surface area contributed by atoms with Crippen LogP contribution in [0.1, 0.15) is 5.56 Å². The molecule has 4 heteroatoms. The summed E-state index contributed by atoms with van der Waals surface area (Å²) in [6, 6.07) is 7.93. The fourth-order valence-corrected chi connectivity index (χ4v) is 2.10. The van der Waals surface area contributed by atoms with Crippen LogP contribution in [0.4, 0.5) is 5.69 Å². The Balaban J connectivity index is 0.000000750. The lowest BCUT2D eigenvalue weighted by molar-refractivity contribution is -0.122. The minimum absolute atomic E-state index is 0. The van der Waals surface area contributed by atoms with Gasteiger partial charge < -0.3 is 10.6 Å². The minimum atomic E-state index is -0.253. The maximum Gasteiger partial charge on any atom is 0.237 e. The van der Waals surface area contributed by atoms with Crippen molar-refractivity contribution in [2.75, 3.05) is 18.4 Å². The van der Waals surface area contributed by atoms with Gasteiger partial charge in [-0.3, -0.25) is 4.79 Å². The normalized spacial score (nSPS) is 20.7. The number of rotatable bonds is 0. The highest BCUT2D eigenvalue weighted by molar-refractivity contribution is 6.07. The molecular weight excluding hydrogens is 200 g/mol. The first kappa shape index (κ1) is 9.49. The van der Waals surface area contributed by atoms with Gasteiger partial charge in [-0.15, -0.1) is 12.4 Å². The summed E-state index contributed by atoms with van der Waals surface area (Å²) in [6.45, 7) is 1.55. The zero-order chi connectivity index (χ0) is 8.89.